The van der Waals surface area contributed by atoms with Crippen LogP contribution in [0.4, 0.5) is 5.69 Å². The molecule has 1 atom stereocenters. The third-order valence-electron chi connectivity index (χ3n) is 3.90. The number of aliphatic hydroxyl groups excluding tert-OH is 1. The number of rotatable bonds is 3. The number of hydrogen-bond acceptors (Lipinski definition) is 3. The second-order valence-corrected chi connectivity index (χ2v) is 5.59. The van der Waals surface area contributed by atoms with Crippen LogP contribution in [0.2, 0.25) is 0 Å². The Kier molecular flexibility index (Phi) is 4.25. The lowest BCUT2D eigenvalue weighted by Crippen LogP contribution is -2.42. The Bertz CT molecular complexity index is 394. The van der Waals surface area contributed by atoms with Gasteiger partial charge in [-0.15, -0.1) is 0 Å². The highest BCUT2D eigenvalue weighted by atomic mass is 16.3. The van der Waals surface area contributed by atoms with Crippen molar-refractivity contribution in [1.82, 2.24) is 4.90 Å². The highest BCUT2D eigenvalue weighted by Crippen LogP contribution is 2.26. The molecule has 1 fully saturated rings. The topological polar surface area (TPSA) is 35.5 Å². The summed E-state index contributed by atoms with van der Waals surface area (Å²) >= 11 is 0. The number of hydrogen-bond donors (Lipinski definition) is 2. The third-order valence-corrected chi connectivity index (χ3v) is 3.90. The molecular formula is C15H24N2O. The predicted molar refractivity (Wildman–Crippen MR) is 76.0 cm³/mol. The fraction of sp³-hybridized carbons (Fsp3) is 0.600. The van der Waals surface area contributed by atoms with Crippen molar-refractivity contribution in [3.63, 3.8) is 0 Å². The summed E-state index contributed by atoms with van der Waals surface area (Å²) in [5.74, 6) is 0. The Morgan fingerprint density at radius 1 is 1.33 bits per heavy atom. The Morgan fingerprint density at radius 2 is 2.17 bits per heavy atom. The number of nitrogens with zero attached hydrogens (tertiary/aromatic N) is 1. The zero-order chi connectivity index (χ0) is 13.0. The van der Waals surface area contributed by atoms with Crippen LogP contribution in [0.3, 0.4) is 0 Å². The number of benzene rings is 1. The van der Waals surface area contributed by atoms with E-state index in [0.29, 0.717) is 0 Å². The first-order chi connectivity index (χ1) is 8.63. The average molecular weight is 248 g/mol. The van der Waals surface area contributed by atoms with Crippen LogP contribution in [0.5, 0.6) is 0 Å². The molecule has 2 rings (SSSR count). The molecule has 1 aliphatic heterocycles. The van der Waals surface area contributed by atoms with Gasteiger partial charge in [-0.25, -0.2) is 0 Å². The number of likely N-dealkylation sites (tertiary alicyclic amines) is 1. The van der Waals surface area contributed by atoms with Crippen LogP contribution >= 0.6 is 0 Å². The fourth-order valence-corrected chi connectivity index (χ4v) is 2.68. The Hall–Kier alpha value is -1.06. The molecule has 1 heterocycles. The summed E-state index contributed by atoms with van der Waals surface area (Å²) in [5, 5.41) is 13.4. The van der Waals surface area contributed by atoms with Gasteiger partial charge >= 0.3 is 0 Å². The first kappa shape index (κ1) is 13.4. The number of aliphatic hydroxyl groups is 1. The lowest BCUT2D eigenvalue weighted by molar-refractivity contribution is 0.195. The molecule has 0 amide bonds. The van der Waals surface area contributed by atoms with Crippen LogP contribution in [0.25, 0.3) is 0 Å². The minimum absolute atomic E-state index is 0.154. The average Bonchev–Trinajstić information content (AvgIpc) is 2.53. The fourth-order valence-electron chi connectivity index (χ4n) is 2.68. The van der Waals surface area contributed by atoms with Crippen molar-refractivity contribution >= 4 is 5.69 Å². The maximum atomic E-state index is 9.80. The van der Waals surface area contributed by atoms with E-state index in [1.165, 1.54) is 5.56 Å². The monoisotopic (exact) mass is 248 g/mol. The Morgan fingerprint density at radius 3 is 2.89 bits per heavy atom. The van der Waals surface area contributed by atoms with E-state index in [4.69, 9.17) is 0 Å². The molecule has 0 spiro atoms. The van der Waals surface area contributed by atoms with E-state index in [2.05, 4.69) is 48.5 Å². The number of anilines is 1. The normalized spacial score (nSPS) is 25.7. The van der Waals surface area contributed by atoms with E-state index in [1.54, 1.807) is 0 Å². The minimum Gasteiger partial charge on any atom is -0.394 e. The van der Waals surface area contributed by atoms with Crippen molar-refractivity contribution in [2.75, 3.05) is 32.1 Å². The first-order valence-corrected chi connectivity index (χ1v) is 6.78. The molecule has 1 saturated heterocycles. The van der Waals surface area contributed by atoms with Crippen molar-refractivity contribution in [3.05, 3.63) is 29.8 Å². The van der Waals surface area contributed by atoms with E-state index >= 15 is 0 Å². The molecule has 100 valence electrons. The predicted octanol–water partition coefficient (Wildman–Crippen LogP) is 2.25. The van der Waals surface area contributed by atoms with Crippen molar-refractivity contribution < 1.29 is 5.11 Å². The molecule has 0 aliphatic carbocycles. The van der Waals surface area contributed by atoms with Gasteiger partial charge in [-0.2, -0.15) is 0 Å². The maximum Gasteiger partial charge on any atom is 0.0662 e. The van der Waals surface area contributed by atoms with E-state index in [-0.39, 0.29) is 12.1 Å². The molecule has 1 aliphatic rings. The van der Waals surface area contributed by atoms with E-state index in [0.717, 1.165) is 38.0 Å². The van der Waals surface area contributed by atoms with Crippen LogP contribution in [0, 0.1) is 6.92 Å². The van der Waals surface area contributed by atoms with E-state index in [1.807, 2.05) is 0 Å². The lowest BCUT2D eigenvalue weighted by Gasteiger charge is -2.33. The van der Waals surface area contributed by atoms with Crippen LogP contribution in [0.1, 0.15) is 24.8 Å². The SMILES string of the molecule is Cc1cccc(NC2(CO)CCCN(C)CC2)c1. The molecule has 1 aromatic carbocycles. The highest BCUT2D eigenvalue weighted by Gasteiger charge is 2.31. The molecule has 1 unspecified atom stereocenters. The van der Waals surface area contributed by atoms with Gasteiger partial charge in [0.2, 0.25) is 0 Å². The summed E-state index contributed by atoms with van der Waals surface area (Å²) in [7, 11) is 2.15. The molecule has 0 saturated carbocycles. The highest BCUT2D eigenvalue weighted by molar-refractivity contribution is 5.47. The molecule has 3 heteroatoms. The standard InChI is InChI=1S/C15H24N2O/c1-13-5-3-6-14(11-13)16-15(12-18)7-4-9-17(2)10-8-15/h3,5-6,11,16,18H,4,7-10,12H2,1-2H3. The number of nitrogens with one attached hydrogen (secondary N) is 1. The zero-order valence-corrected chi connectivity index (χ0v) is 11.4. The van der Waals surface area contributed by atoms with Crippen LogP contribution < -0.4 is 5.32 Å². The van der Waals surface area contributed by atoms with Gasteiger partial charge in [-0.05, 0) is 57.5 Å². The Labute approximate surface area is 110 Å². The van der Waals surface area contributed by atoms with Gasteiger partial charge in [-0.3, -0.25) is 0 Å². The Balaban J connectivity index is 2.12. The van der Waals surface area contributed by atoms with Crippen molar-refractivity contribution in [2.24, 2.45) is 0 Å². The summed E-state index contributed by atoms with van der Waals surface area (Å²) in [6, 6.07) is 8.38. The van der Waals surface area contributed by atoms with Gasteiger partial charge in [0, 0.05) is 12.2 Å². The second-order valence-electron chi connectivity index (χ2n) is 5.59. The molecule has 18 heavy (non-hydrogen) atoms. The van der Waals surface area contributed by atoms with Gasteiger partial charge in [0.25, 0.3) is 0 Å². The lowest BCUT2D eigenvalue weighted by atomic mass is 9.91. The second kappa shape index (κ2) is 5.72. The van der Waals surface area contributed by atoms with Crippen molar-refractivity contribution in [3.8, 4) is 0 Å². The third kappa shape index (κ3) is 3.24. The van der Waals surface area contributed by atoms with Gasteiger partial charge in [0.15, 0.2) is 0 Å². The first-order valence-electron chi connectivity index (χ1n) is 6.78. The van der Waals surface area contributed by atoms with Gasteiger partial charge in [0.05, 0.1) is 12.1 Å². The van der Waals surface area contributed by atoms with Crippen molar-refractivity contribution in [1.29, 1.82) is 0 Å². The van der Waals surface area contributed by atoms with Gasteiger partial charge in [-0.1, -0.05) is 12.1 Å². The molecule has 0 bridgehead atoms. The molecular weight excluding hydrogens is 224 g/mol. The summed E-state index contributed by atoms with van der Waals surface area (Å²) < 4.78 is 0. The largest absolute Gasteiger partial charge is 0.394 e. The van der Waals surface area contributed by atoms with Crippen molar-refractivity contribution in [2.45, 2.75) is 31.7 Å². The van der Waals surface area contributed by atoms with E-state index in [9.17, 15) is 5.11 Å². The molecule has 1 aromatic rings. The summed E-state index contributed by atoms with van der Waals surface area (Å²) in [6.45, 7) is 4.46. The minimum atomic E-state index is -0.154. The smallest absolute Gasteiger partial charge is 0.0662 e. The summed E-state index contributed by atoms with van der Waals surface area (Å²) in [6.07, 6.45) is 3.16. The van der Waals surface area contributed by atoms with Crippen LogP contribution in [0.15, 0.2) is 24.3 Å². The van der Waals surface area contributed by atoms with Gasteiger partial charge < -0.3 is 15.3 Å². The molecule has 0 radical (unpaired) electrons. The van der Waals surface area contributed by atoms with E-state index < -0.39 is 0 Å². The van der Waals surface area contributed by atoms with Gasteiger partial charge in [0.1, 0.15) is 0 Å². The zero-order valence-electron chi connectivity index (χ0n) is 11.4. The summed E-state index contributed by atoms with van der Waals surface area (Å²) in [5.41, 5.74) is 2.21. The van der Waals surface area contributed by atoms with Crippen LogP contribution in [-0.4, -0.2) is 42.3 Å². The van der Waals surface area contributed by atoms with Crippen LogP contribution in [-0.2, 0) is 0 Å². The molecule has 3 nitrogen and oxygen atoms in total. The number of aryl methyl sites for hydroxylation is 1. The molecule has 2 N–H and O–H groups in total. The quantitative estimate of drug-likeness (QED) is 0.861. The molecule has 0 aromatic heterocycles. The summed E-state index contributed by atoms with van der Waals surface area (Å²) in [4.78, 5) is 2.34. The maximum absolute atomic E-state index is 9.80.